The first-order valence-electron chi connectivity index (χ1n) is 6.97. The van der Waals surface area contributed by atoms with E-state index in [0.717, 1.165) is 45.8 Å². The van der Waals surface area contributed by atoms with Gasteiger partial charge in [0.15, 0.2) is 0 Å². The number of nitrogens with two attached hydrogens (primary N) is 2. The molecule has 4 nitrogen and oxygen atoms in total. The number of benzene rings is 2. The number of methoxy groups -OCH3 is 1. The van der Waals surface area contributed by atoms with Crippen molar-refractivity contribution in [2.45, 2.75) is 13.5 Å². The van der Waals surface area contributed by atoms with Crippen LogP contribution < -0.4 is 16.2 Å². The summed E-state index contributed by atoms with van der Waals surface area (Å²) in [7, 11) is 1.67. The summed E-state index contributed by atoms with van der Waals surface area (Å²) in [6.45, 7) is 2.93. The summed E-state index contributed by atoms with van der Waals surface area (Å²) < 4.78 is 7.52. The SMILES string of the molecule is CCn1c(-c2cccc(N)c2)c(N)c2ccc(OC)cc21. The number of nitrogen functional groups attached to an aromatic ring is 2. The largest absolute Gasteiger partial charge is 0.497 e. The molecule has 0 fully saturated rings. The molecular weight excluding hydrogens is 262 g/mol. The molecule has 1 heterocycles. The standard InChI is InChI=1S/C17H19N3O/c1-3-20-15-10-13(21-2)7-8-14(15)16(19)17(20)11-5-4-6-12(18)9-11/h4-10H,3,18-19H2,1-2H3. The number of fused-ring (bicyclic) bond motifs is 1. The van der Waals surface area contributed by atoms with E-state index in [-0.39, 0.29) is 0 Å². The normalized spacial score (nSPS) is 11.0. The molecule has 0 saturated carbocycles. The first-order chi connectivity index (χ1) is 10.2. The van der Waals surface area contributed by atoms with Gasteiger partial charge in [-0.15, -0.1) is 0 Å². The molecule has 4 N–H and O–H groups in total. The van der Waals surface area contributed by atoms with Crippen LogP contribution in [0.25, 0.3) is 22.2 Å². The van der Waals surface area contributed by atoms with Gasteiger partial charge in [-0.05, 0) is 31.2 Å². The third-order valence-electron chi connectivity index (χ3n) is 3.79. The van der Waals surface area contributed by atoms with E-state index < -0.39 is 0 Å². The van der Waals surface area contributed by atoms with Crippen LogP contribution >= 0.6 is 0 Å². The number of anilines is 2. The van der Waals surface area contributed by atoms with Gasteiger partial charge in [-0.2, -0.15) is 0 Å². The zero-order valence-electron chi connectivity index (χ0n) is 12.3. The van der Waals surface area contributed by atoms with Crippen molar-refractivity contribution in [3.8, 4) is 17.0 Å². The highest BCUT2D eigenvalue weighted by molar-refractivity contribution is 6.01. The Bertz CT molecular complexity index is 805. The number of hydrogen-bond acceptors (Lipinski definition) is 3. The number of hydrogen-bond donors (Lipinski definition) is 2. The van der Waals surface area contributed by atoms with Crippen molar-refractivity contribution in [3.63, 3.8) is 0 Å². The molecule has 0 radical (unpaired) electrons. The van der Waals surface area contributed by atoms with Gasteiger partial charge in [-0.3, -0.25) is 0 Å². The van der Waals surface area contributed by atoms with Gasteiger partial charge in [0.2, 0.25) is 0 Å². The van der Waals surface area contributed by atoms with Crippen molar-refractivity contribution in [1.29, 1.82) is 0 Å². The Kier molecular flexibility index (Phi) is 3.22. The predicted molar refractivity (Wildman–Crippen MR) is 88.4 cm³/mol. The first kappa shape index (κ1) is 13.4. The molecule has 0 aliphatic carbocycles. The second-order valence-corrected chi connectivity index (χ2v) is 5.02. The van der Waals surface area contributed by atoms with Crippen LogP contribution in [-0.4, -0.2) is 11.7 Å². The van der Waals surface area contributed by atoms with Crippen LogP contribution in [-0.2, 0) is 6.54 Å². The number of nitrogens with zero attached hydrogens (tertiary/aromatic N) is 1. The molecule has 0 aliphatic rings. The second kappa shape index (κ2) is 5.05. The van der Waals surface area contributed by atoms with Gasteiger partial charge < -0.3 is 20.8 Å². The minimum Gasteiger partial charge on any atom is -0.497 e. The van der Waals surface area contributed by atoms with Gasteiger partial charge in [0.05, 0.1) is 24.0 Å². The van der Waals surface area contributed by atoms with Crippen LogP contribution in [0.5, 0.6) is 5.75 Å². The molecule has 0 atom stereocenters. The van der Waals surface area contributed by atoms with Crippen molar-refractivity contribution in [1.82, 2.24) is 4.57 Å². The summed E-state index contributed by atoms with van der Waals surface area (Å²) in [5.74, 6) is 0.828. The van der Waals surface area contributed by atoms with E-state index in [2.05, 4.69) is 11.5 Å². The van der Waals surface area contributed by atoms with Crippen LogP contribution in [0.1, 0.15) is 6.92 Å². The van der Waals surface area contributed by atoms with E-state index in [4.69, 9.17) is 16.2 Å². The van der Waals surface area contributed by atoms with Gasteiger partial charge in [0, 0.05) is 29.2 Å². The monoisotopic (exact) mass is 281 g/mol. The molecule has 2 aromatic carbocycles. The van der Waals surface area contributed by atoms with Gasteiger partial charge in [0.25, 0.3) is 0 Å². The Hall–Kier alpha value is -2.62. The lowest BCUT2D eigenvalue weighted by Crippen LogP contribution is -1.99. The molecule has 108 valence electrons. The highest BCUT2D eigenvalue weighted by Crippen LogP contribution is 2.37. The van der Waals surface area contributed by atoms with Crippen LogP contribution in [0.15, 0.2) is 42.5 Å². The van der Waals surface area contributed by atoms with E-state index in [1.54, 1.807) is 7.11 Å². The number of rotatable bonds is 3. The van der Waals surface area contributed by atoms with E-state index in [1.165, 1.54) is 0 Å². The van der Waals surface area contributed by atoms with Crippen molar-refractivity contribution in [2.24, 2.45) is 0 Å². The van der Waals surface area contributed by atoms with Gasteiger partial charge in [-0.1, -0.05) is 12.1 Å². The van der Waals surface area contributed by atoms with Crippen molar-refractivity contribution < 1.29 is 4.74 Å². The molecule has 0 aliphatic heterocycles. The Morgan fingerprint density at radius 3 is 2.57 bits per heavy atom. The lowest BCUT2D eigenvalue weighted by atomic mass is 10.1. The summed E-state index contributed by atoms with van der Waals surface area (Å²) in [6, 6.07) is 13.8. The van der Waals surface area contributed by atoms with Crippen LogP contribution in [0, 0.1) is 0 Å². The van der Waals surface area contributed by atoms with Gasteiger partial charge >= 0.3 is 0 Å². The van der Waals surface area contributed by atoms with E-state index in [1.807, 2.05) is 42.5 Å². The molecule has 0 saturated heterocycles. The van der Waals surface area contributed by atoms with E-state index in [9.17, 15) is 0 Å². The molecule has 0 amide bonds. The van der Waals surface area contributed by atoms with E-state index in [0.29, 0.717) is 0 Å². The molecule has 0 unspecified atom stereocenters. The second-order valence-electron chi connectivity index (χ2n) is 5.02. The van der Waals surface area contributed by atoms with Crippen LogP contribution in [0.4, 0.5) is 11.4 Å². The molecule has 3 rings (SSSR count). The Balaban J connectivity index is 2.34. The maximum absolute atomic E-state index is 6.39. The first-order valence-corrected chi connectivity index (χ1v) is 6.97. The van der Waals surface area contributed by atoms with Crippen molar-refractivity contribution in [2.75, 3.05) is 18.6 Å². The van der Waals surface area contributed by atoms with Crippen molar-refractivity contribution in [3.05, 3.63) is 42.5 Å². The zero-order valence-corrected chi connectivity index (χ0v) is 12.3. The summed E-state index contributed by atoms with van der Waals surface area (Å²) in [6.07, 6.45) is 0. The average Bonchev–Trinajstić information content (AvgIpc) is 2.79. The minimum atomic E-state index is 0.734. The summed E-state index contributed by atoms with van der Waals surface area (Å²) >= 11 is 0. The highest BCUT2D eigenvalue weighted by Gasteiger charge is 2.16. The molecule has 1 aromatic heterocycles. The molecule has 21 heavy (non-hydrogen) atoms. The fourth-order valence-corrected chi connectivity index (χ4v) is 2.81. The Morgan fingerprint density at radius 1 is 1.10 bits per heavy atom. The maximum atomic E-state index is 6.39. The summed E-state index contributed by atoms with van der Waals surface area (Å²) in [5, 5.41) is 1.04. The molecule has 0 spiro atoms. The fourth-order valence-electron chi connectivity index (χ4n) is 2.81. The smallest absolute Gasteiger partial charge is 0.120 e. The van der Waals surface area contributed by atoms with E-state index >= 15 is 0 Å². The highest BCUT2D eigenvalue weighted by atomic mass is 16.5. The number of aryl methyl sites for hydroxylation is 1. The zero-order chi connectivity index (χ0) is 15.0. The lowest BCUT2D eigenvalue weighted by molar-refractivity contribution is 0.415. The molecule has 4 heteroatoms. The van der Waals surface area contributed by atoms with Gasteiger partial charge in [0.1, 0.15) is 5.75 Å². The Labute approximate surface area is 123 Å². The fraction of sp³-hybridized carbons (Fsp3) is 0.176. The maximum Gasteiger partial charge on any atom is 0.120 e. The molecule has 0 bridgehead atoms. The van der Waals surface area contributed by atoms with Crippen LogP contribution in [0.3, 0.4) is 0 Å². The third kappa shape index (κ3) is 2.09. The average molecular weight is 281 g/mol. The summed E-state index contributed by atoms with van der Waals surface area (Å²) in [5.41, 5.74) is 16.9. The molecule has 3 aromatic rings. The summed E-state index contributed by atoms with van der Waals surface area (Å²) in [4.78, 5) is 0. The topological polar surface area (TPSA) is 66.2 Å². The van der Waals surface area contributed by atoms with Crippen LogP contribution in [0.2, 0.25) is 0 Å². The van der Waals surface area contributed by atoms with Gasteiger partial charge in [-0.25, -0.2) is 0 Å². The number of aromatic nitrogens is 1. The number of ether oxygens (including phenoxy) is 1. The minimum absolute atomic E-state index is 0.734. The van der Waals surface area contributed by atoms with Crippen molar-refractivity contribution >= 4 is 22.3 Å². The quantitative estimate of drug-likeness (QED) is 0.722. The predicted octanol–water partition coefficient (Wildman–Crippen LogP) is 3.50. The lowest BCUT2D eigenvalue weighted by Gasteiger charge is -2.10. The molecular formula is C17H19N3O. The third-order valence-corrected chi connectivity index (χ3v) is 3.79. The Morgan fingerprint density at radius 2 is 1.90 bits per heavy atom.